The summed E-state index contributed by atoms with van der Waals surface area (Å²) in [7, 11) is 0. The lowest BCUT2D eigenvalue weighted by molar-refractivity contribution is 0.0953. The zero-order valence-corrected chi connectivity index (χ0v) is 7.79. The zero-order valence-electron chi connectivity index (χ0n) is 7.79. The van der Waals surface area contributed by atoms with Gasteiger partial charge in [0.25, 0.3) is 5.91 Å². The van der Waals surface area contributed by atoms with Crippen LogP contribution in [0.25, 0.3) is 0 Å². The Morgan fingerprint density at radius 3 is 2.85 bits per heavy atom. The van der Waals surface area contributed by atoms with E-state index in [4.69, 9.17) is 0 Å². The fourth-order valence-electron chi connectivity index (χ4n) is 1.09. The van der Waals surface area contributed by atoms with Crippen LogP contribution in [0.2, 0.25) is 0 Å². The van der Waals surface area contributed by atoms with Crippen LogP contribution in [-0.2, 0) is 0 Å². The molecule has 1 aromatic carbocycles. The number of phenols is 1. The molecule has 0 aliphatic heterocycles. The number of carbonyl (C=O) groups is 1. The third-order valence-electron chi connectivity index (χ3n) is 1.73. The molecule has 0 radical (unpaired) electrons. The van der Waals surface area contributed by atoms with E-state index in [0.717, 1.165) is 5.56 Å². The van der Waals surface area contributed by atoms with Crippen LogP contribution < -0.4 is 5.32 Å². The molecule has 0 atom stereocenters. The first-order valence-electron chi connectivity index (χ1n) is 4.23. The number of rotatable bonds is 2. The molecular weight excluding hydrogens is 166 g/mol. The van der Waals surface area contributed by atoms with Crippen molar-refractivity contribution in [3.63, 3.8) is 0 Å². The van der Waals surface area contributed by atoms with Crippen molar-refractivity contribution < 1.29 is 9.90 Å². The van der Waals surface area contributed by atoms with E-state index in [0.29, 0.717) is 12.1 Å². The number of aryl methyl sites for hydroxylation is 1. The van der Waals surface area contributed by atoms with Crippen molar-refractivity contribution in [3.05, 3.63) is 29.3 Å². The Morgan fingerprint density at radius 1 is 1.54 bits per heavy atom. The summed E-state index contributed by atoms with van der Waals surface area (Å²) in [6.45, 7) is 4.28. The van der Waals surface area contributed by atoms with Crippen molar-refractivity contribution in [3.8, 4) is 5.75 Å². The Hall–Kier alpha value is -1.51. The van der Waals surface area contributed by atoms with Gasteiger partial charge >= 0.3 is 0 Å². The van der Waals surface area contributed by atoms with Gasteiger partial charge in [-0.05, 0) is 26.0 Å². The summed E-state index contributed by atoms with van der Waals surface area (Å²) >= 11 is 0. The largest absolute Gasteiger partial charge is 0.507 e. The third-order valence-corrected chi connectivity index (χ3v) is 1.73. The van der Waals surface area contributed by atoms with Gasteiger partial charge in [0.15, 0.2) is 0 Å². The Morgan fingerprint density at radius 2 is 2.23 bits per heavy atom. The lowest BCUT2D eigenvalue weighted by Crippen LogP contribution is -2.22. The molecule has 0 spiro atoms. The molecule has 0 saturated heterocycles. The second-order valence-electron chi connectivity index (χ2n) is 2.88. The van der Waals surface area contributed by atoms with Crippen molar-refractivity contribution in [2.75, 3.05) is 6.54 Å². The molecule has 2 N–H and O–H groups in total. The molecule has 0 heterocycles. The Kier molecular flexibility index (Phi) is 2.90. The van der Waals surface area contributed by atoms with Gasteiger partial charge in [0, 0.05) is 6.54 Å². The van der Waals surface area contributed by atoms with Crippen molar-refractivity contribution in [1.29, 1.82) is 0 Å². The number of hydrogen-bond donors (Lipinski definition) is 2. The topological polar surface area (TPSA) is 49.3 Å². The number of amides is 1. The van der Waals surface area contributed by atoms with Crippen LogP contribution in [-0.4, -0.2) is 17.6 Å². The number of carbonyl (C=O) groups excluding carboxylic acids is 1. The van der Waals surface area contributed by atoms with Crippen molar-refractivity contribution in [2.24, 2.45) is 0 Å². The molecule has 1 aromatic rings. The second-order valence-corrected chi connectivity index (χ2v) is 2.88. The van der Waals surface area contributed by atoms with Gasteiger partial charge < -0.3 is 10.4 Å². The smallest absolute Gasteiger partial charge is 0.255 e. The minimum absolute atomic E-state index is 0.0246. The molecule has 0 unspecified atom stereocenters. The molecule has 0 fully saturated rings. The van der Waals surface area contributed by atoms with Crippen LogP contribution in [0, 0.1) is 6.92 Å². The molecule has 3 nitrogen and oxygen atoms in total. The van der Waals surface area contributed by atoms with E-state index < -0.39 is 0 Å². The third kappa shape index (κ3) is 2.21. The van der Waals surface area contributed by atoms with E-state index in [1.165, 1.54) is 6.07 Å². The van der Waals surface area contributed by atoms with Crippen LogP contribution in [0.4, 0.5) is 0 Å². The summed E-state index contributed by atoms with van der Waals surface area (Å²) in [5.41, 5.74) is 1.29. The van der Waals surface area contributed by atoms with Crippen molar-refractivity contribution >= 4 is 5.91 Å². The minimum Gasteiger partial charge on any atom is -0.507 e. The van der Waals surface area contributed by atoms with Gasteiger partial charge in [-0.3, -0.25) is 4.79 Å². The molecular formula is C10H13NO2. The fraction of sp³-hybridized carbons (Fsp3) is 0.300. The lowest BCUT2D eigenvalue weighted by Gasteiger charge is -2.05. The molecule has 0 saturated carbocycles. The predicted molar refractivity (Wildman–Crippen MR) is 50.9 cm³/mol. The van der Waals surface area contributed by atoms with Crippen LogP contribution in [0.5, 0.6) is 5.75 Å². The van der Waals surface area contributed by atoms with Gasteiger partial charge in [0.1, 0.15) is 5.75 Å². The van der Waals surface area contributed by atoms with Gasteiger partial charge in [0.2, 0.25) is 0 Å². The zero-order chi connectivity index (χ0) is 9.84. The molecule has 1 rings (SSSR count). The molecule has 3 heteroatoms. The number of benzene rings is 1. The van der Waals surface area contributed by atoms with E-state index in [9.17, 15) is 9.90 Å². The van der Waals surface area contributed by atoms with E-state index in [2.05, 4.69) is 5.32 Å². The Labute approximate surface area is 77.4 Å². The van der Waals surface area contributed by atoms with Gasteiger partial charge in [-0.1, -0.05) is 11.6 Å². The molecule has 13 heavy (non-hydrogen) atoms. The normalized spacial score (nSPS) is 9.69. The SMILES string of the molecule is CCNC(=O)c1cc(C)ccc1O. The Balaban J connectivity index is 2.99. The highest BCUT2D eigenvalue weighted by molar-refractivity contribution is 5.96. The Bertz CT molecular complexity index is 321. The van der Waals surface area contributed by atoms with E-state index >= 15 is 0 Å². The molecule has 70 valence electrons. The highest BCUT2D eigenvalue weighted by atomic mass is 16.3. The lowest BCUT2D eigenvalue weighted by atomic mass is 10.1. The van der Waals surface area contributed by atoms with E-state index in [1.807, 2.05) is 13.8 Å². The van der Waals surface area contributed by atoms with Gasteiger partial charge in [0.05, 0.1) is 5.56 Å². The summed E-state index contributed by atoms with van der Waals surface area (Å²) in [6.07, 6.45) is 0. The van der Waals surface area contributed by atoms with Crippen LogP contribution in [0.3, 0.4) is 0 Å². The maximum atomic E-state index is 11.3. The fourth-order valence-corrected chi connectivity index (χ4v) is 1.09. The van der Waals surface area contributed by atoms with E-state index in [-0.39, 0.29) is 11.7 Å². The summed E-state index contributed by atoms with van der Waals surface area (Å²) in [4.78, 5) is 11.3. The summed E-state index contributed by atoms with van der Waals surface area (Å²) in [5.74, 6) is -0.208. The molecule has 0 bridgehead atoms. The average molecular weight is 179 g/mol. The van der Waals surface area contributed by atoms with Crippen molar-refractivity contribution in [1.82, 2.24) is 5.32 Å². The molecule has 1 amide bonds. The quantitative estimate of drug-likeness (QED) is 0.722. The number of hydrogen-bond acceptors (Lipinski definition) is 2. The number of aromatic hydroxyl groups is 1. The van der Waals surface area contributed by atoms with Crippen LogP contribution in [0.1, 0.15) is 22.8 Å². The average Bonchev–Trinajstić information content (AvgIpc) is 2.09. The summed E-state index contributed by atoms with van der Waals surface area (Å²) in [6, 6.07) is 4.96. The summed E-state index contributed by atoms with van der Waals surface area (Å²) < 4.78 is 0. The highest BCUT2D eigenvalue weighted by Crippen LogP contribution is 2.17. The number of phenolic OH excluding ortho intramolecular Hbond substituents is 1. The minimum atomic E-state index is -0.233. The van der Waals surface area contributed by atoms with Crippen LogP contribution in [0.15, 0.2) is 18.2 Å². The first-order valence-corrected chi connectivity index (χ1v) is 4.23. The molecule has 0 aliphatic rings. The van der Waals surface area contributed by atoms with Crippen molar-refractivity contribution in [2.45, 2.75) is 13.8 Å². The number of nitrogens with one attached hydrogen (secondary N) is 1. The van der Waals surface area contributed by atoms with E-state index in [1.54, 1.807) is 12.1 Å². The molecule has 0 aliphatic carbocycles. The first-order chi connectivity index (χ1) is 6.15. The second kappa shape index (κ2) is 3.94. The maximum Gasteiger partial charge on any atom is 0.255 e. The van der Waals surface area contributed by atoms with Gasteiger partial charge in [-0.2, -0.15) is 0 Å². The highest BCUT2D eigenvalue weighted by Gasteiger charge is 2.09. The maximum absolute atomic E-state index is 11.3. The van der Waals surface area contributed by atoms with Crippen LogP contribution >= 0.6 is 0 Å². The van der Waals surface area contributed by atoms with Gasteiger partial charge in [-0.25, -0.2) is 0 Å². The predicted octanol–water partition coefficient (Wildman–Crippen LogP) is 1.45. The first kappa shape index (κ1) is 9.58. The standard InChI is InChI=1S/C10H13NO2/c1-3-11-10(13)8-6-7(2)4-5-9(8)12/h4-6,12H,3H2,1-2H3,(H,11,13). The molecule has 0 aromatic heterocycles. The van der Waals surface area contributed by atoms with Gasteiger partial charge in [-0.15, -0.1) is 0 Å². The summed E-state index contributed by atoms with van der Waals surface area (Å²) in [5, 5.41) is 12.0. The monoisotopic (exact) mass is 179 g/mol.